The summed E-state index contributed by atoms with van der Waals surface area (Å²) in [6.07, 6.45) is -0.192. The molecule has 57 heavy (non-hydrogen) atoms. The van der Waals surface area contributed by atoms with Crippen molar-refractivity contribution < 1.29 is 48.0 Å². The number of benzene rings is 4. The number of carboxylic acid groups (broad SMARTS) is 1. The topological polar surface area (TPSA) is 149 Å². The first-order chi connectivity index (χ1) is 27.5. The Morgan fingerprint density at radius 1 is 0.561 bits per heavy atom. The summed E-state index contributed by atoms with van der Waals surface area (Å²) in [6, 6.07) is 33.1. The number of nitrogens with zero attached hydrogens (tertiary/aromatic N) is 2. The van der Waals surface area contributed by atoms with Crippen LogP contribution in [0.5, 0.6) is 23.0 Å². The monoisotopic (exact) mass is 778 g/mol. The van der Waals surface area contributed by atoms with Gasteiger partial charge >= 0.3 is 17.9 Å². The average Bonchev–Trinajstić information content (AvgIpc) is 3.19. The van der Waals surface area contributed by atoms with Crippen LogP contribution in [0.3, 0.4) is 0 Å². The van der Waals surface area contributed by atoms with Crippen molar-refractivity contribution in [1.82, 2.24) is 9.80 Å². The molecule has 1 saturated carbocycles. The highest BCUT2D eigenvalue weighted by atomic mass is 16.7. The number of hydrogen-bond donors (Lipinski definition) is 1. The Morgan fingerprint density at radius 3 is 1.35 bits per heavy atom. The third-order valence-corrected chi connectivity index (χ3v) is 9.71. The lowest BCUT2D eigenvalue weighted by atomic mass is 9.55. The largest absolute Gasteiger partial charge is 0.481 e. The number of esters is 2. The Bertz CT molecular complexity index is 1950. The molecule has 5 atom stereocenters. The molecule has 5 rings (SSSR count). The van der Waals surface area contributed by atoms with Crippen molar-refractivity contribution in [2.24, 2.45) is 23.7 Å². The molecule has 0 aromatic heterocycles. The van der Waals surface area contributed by atoms with E-state index in [4.69, 9.17) is 18.9 Å². The van der Waals surface area contributed by atoms with E-state index in [-0.39, 0.29) is 32.6 Å². The van der Waals surface area contributed by atoms with Gasteiger partial charge in [0.25, 0.3) is 0 Å². The fraction of sp³-hybridized carbons (Fsp3) is 0.356. The second kappa shape index (κ2) is 20.1. The molecule has 12 heteroatoms. The highest BCUT2D eigenvalue weighted by molar-refractivity contribution is 6.00. The zero-order valence-corrected chi connectivity index (χ0v) is 32.7. The van der Waals surface area contributed by atoms with E-state index in [0.29, 0.717) is 35.8 Å². The molecule has 12 nitrogen and oxygen atoms in total. The first-order valence-electron chi connectivity index (χ1n) is 19.4. The minimum absolute atomic E-state index is 0.0299. The normalized spacial score (nSPS) is 17.6. The van der Waals surface area contributed by atoms with Gasteiger partial charge in [0.1, 0.15) is 23.0 Å². The molecule has 2 amide bonds. The molecule has 300 valence electrons. The van der Waals surface area contributed by atoms with Crippen molar-refractivity contribution in [2.45, 2.75) is 66.3 Å². The molecule has 4 aromatic carbocycles. The standard InChI is InChI=1S/C45H50N2O10/c1-5-26-46(28-31-18-22-35(23-19-31)56-33-14-10-8-11-15-33)42(49)38-39(41(40(38)44(51)52)45(53)55-30(4)54-37(48)7-3)43(50)47(27-6-2)29-32-20-24-36(25-21-32)57-34-16-12-9-13-17-34/h8-25,30,38-41H,5-7,26-29H2,1-4H3,(H,51,52). The van der Waals surface area contributed by atoms with Crippen molar-refractivity contribution in [3.8, 4) is 23.0 Å². The van der Waals surface area contributed by atoms with Crippen molar-refractivity contribution in [3.63, 3.8) is 0 Å². The lowest BCUT2D eigenvalue weighted by molar-refractivity contribution is -0.205. The molecule has 4 aromatic rings. The average molecular weight is 779 g/mol. The molecule has 0 spiro atoms. The molecule has 1 fully saturated rings. The maximum absolute atomic E-state index is 14.7. The third kappa shape index (κ3) is 11.0. The van der Waals surface area contributed by atoms with Crippen LogP contribution >= 0.6 is 0 Å². The molecule has 1 aliphatic carbocycles. The van der Waals surface area contributed by atoms with E-state index in [1.165, 1.54) is 11.8 Å². The molecule has 1 aliphatic rings. The van der Waals surface area contributed by atoms with Crippen LogP contribution in [0.2, 0.25) is 0 Å². The molecule has 0 radical (unpaired) electrons. The summed E-state index contributed by atoms with van der Waals surface area (Å²) < 4.78 is 22.4. The van der Waals surface area contributed by atoms with Gasteiger partial charge in [-0.3, -0.25) is 24.0 Å². The SMILES string of the molecule is CCCN(Cc1ccc(Oc2ccccc2)cc1)C(=O)C1C(C(=O)O)C(C(=O)OC(C)OC(=O)CC)C1C(=O)N(CCC)Cc1ccc(Oc2ccccc2)cc1. The van der Waals surface area contributed by atoms with E-state index >= 15 is 0 Å². The van der Waals surface area contributed by atoms with Gasteiger partial charge < -0.3 is 33.9 Å². The molecule has 0 saturated heterocycles. The summed E-state index contributed by atoms with van der Waals surface area (Å²) in [5.41, 5.74) is 1.53. The lowest BCUT2D eigenvalue weighted by Crippen LogP contribution is -2.64. The van der Waals surface area contributed by atoms with Crippen molar-refractivity contribution >= 4 is 29.7 Å². The van der Waals surface area contributed by atoms with Crippen molar-refractivity contribution in [1.29, 1.82) is 0 Å². The molecule has 0 bridgehead atoms. The van der Waals surface area contributed by atoms with Gasteiger partial charge in [-0.1, -0.05) is 81.4 Å². The van der Waals surface area contributed by atoms with Gasteiger partial charge in [0.05, 0.1) is 23.7 Å². The summed E-state index contributed by atoms with van der Waals surface area (Å²) in [4.78, 5) is 71.0. The van der Waals surface area contributed by atoms with Gasteiger partial charge in [0.2, 0.25) is 18.1 Å². The number of amides is 2. The Kier molecular flexibility index (Phi) is 14.8. The number of carboxylic acids is 1. The maximum Gasteiger partial charge on any atom is 0.313 e. The van der Waals surface area contributed by atoms with Crippen LogP contribution in [0.4, 0.5) is 0 Å². The maximum atomic E-state index is 14.7. The second-order valence-electron chi connectivity index (χ2n) is 13.9. The molecule has 0 aliphatic heterocycles. The van der Waals surface area contributed by atoms with E-state index in [9.17, 15) is 29.1 Å². The summed E-state index contributed by atoms with van der Waals surface area (Å²) >= 11 is 0. The van der Waals surface area contributed by atoms with Gasteiger partial charge in [-0.2, -0.15) is 0 Å². The van der Waals surface area contributed by atoms with E-state index in [1.807, 2.05) is 98.8 Å². The lowest BCUT2D eigenvalue weighted by Gasteiger charge is -2.49. The Hall–Kier alpha value is -6.17. The third-order valence-electron chi connectivity index (χ3n) is 9.71. The molecule has 1 N–H and O–H groups in total. The summed E-state index contributed by atoms with van der Waals surface area (Å²) in [6.45, 7) is 7.54. The summed E-state index contributed by atoms with van der Waals surface area (Å²) in [5.74, 6) is -7.41. The van der Waals surface area contributed by atoms with Crippen LogP contribution in [-0.2, 0) is 46.5 Å². The minimum atomic E-state index is -1.56. The number of carbonyl (C=O) groups is 5. The van der Waals surface area contributed by atoms with Gasteiger partial charge in [-0.15, -0.1) is 0 Å². The predicted octanol–water partition coefficient (Wildman–Crippen LogP) is 7.85. The first kappa shape index (κ1) is 42.0. The van der Waals surface area contributed by atoms with Crippen LogP contribution in [0.15, 0.2) is 109 Å². The number of para-hydroxylation sites is 2. The first-order valence-corrected chi connectivity index (χ1v) is 19.4. The summed E-state index contributed by atoms with van der Waals surface area (Å²) in [5, 5.41) is 10.5. The number of ether oxygens (including phenoxy) is 4. The quantitative estimate of drug-likeness (QED) is 0.0737. The number of carbonyl (C=O) groups excluding carboxylic acids is 4. The van der Waals surface area contributed by atoms with E-state index in [0.717, 1.165) is 11.1 Å². The van der Waals surface area contributed by atoms with Gasteiger partial charge in [-0.25, -0.2) is 0 Å². The van der Waals surface area contributed by atoms with Gasteiger partial charge in [-0.05, 0) is 72.5 Å². The van der Waals surface area contributed by atoms with Gasteiger partial charge in [0.15, 0.2) is 0 Å². The predicted molar refractivity (Wildman–Crippen MR) is 211 cm³/mol. The van der Waals surface area contributed by atoms with Crippen LogP contribution in [-0.4, -0.2) is 64.0 Å². The molecule has 5 unspecified atom stereocenters. The second-order valence-corrected chi connectivity index (χ2v) is 13.9. The highest BCUT2D eigenvalue weighted by Gasteiger charge is 2.65. The summed E-state index contributed by atoms with van der Waals surface area (Å²) in [7, 11) is 0. The fourth-order valence-corrected chi connectivity index (χ4v) is 7.01. The fourth-order valence-electron chi connectivity index (χ4n) is 7.01. The Labute approximate surface area is 333 Å². The zero-order valence-electron chi connectivity index (χ0n) is 32.7. The zero-order chi connectivity index (χ0) is 40.9. The van der Waals surface area contributed by atoms with Crippen LogP contribution in [0.25, 0.3) is 0 Å². The molecule has 0 heterocycles. The Morgan fingerprint density at radius 2 is 0.965 bits per heavy atom. The number of hydrogen-bond acceptors (Lipinski definition) is 9. The van der Waals surface area contributed by atoms with Crippen LogP contribution in [0.1, 0.15) is 58.1 Å². The van der Waals surface area contributed by atoms with Crippen molar-refractivity contribution in [2.75, 3.05) is 13.1 Å². The van der Waals surface area contributed by atoms with E-state index in [2.05, 4.69) is 0 Å². The van der Waals surface area contributed by atoms with E-state index in [1.54, 1.807) is 36.1 Å². The van der Waals surface area contributed by atoms with E-state index < -0.39 is 59.7 Å². The van der Waals surface area contributed by atoms with Crippen molar-refractivity contribution in [3.05, 3.63) is 120 Å². The smallest absolute Gasteiger partial charge is 0.313 e. The number of aliphatic carboxylic acids is 1. The number of rotatable bonds is 19. The molecular weight excluding hydrogens is 728 g/mol. The van der Waals surface area contributed by atoms with Gasteiger partial charge in [0, 0.05) is 39.5 Å². The molecular formula is C45H50N2O10. The highest BCUT2D eigenvalue weighted by Crippen LogP contribution is 2.49. The van der Waals surface area contributed by atoms with Crippen LogP contribution in [0, 0.1) is 23.7 Å². The minimum Gasteiger partial charge on any atom is -0.481 e. The van der Waals surface area contributed by atoms with Crippen LogP contribution < -0.4 is 9.47 Å². The Balaban J connectivity index is 1.41.